The number of amides is 1. The number of aromatic nitrogens is 6. The van der Waals surface area contributed by atoms with Crippen LogP contribution in [-0.2, 0) is 0 Å². The lowest BCUT2D eigenvalue weighted by Gasteiger charge is -2.14. The molecule has 0 saturated heterocycles. The maximum Gasteiger partial charge on any atom is 0.255 e. The highest BCUT2D eigenvalue weighted by Crippen LogP contribution is 2.28. The molecule has 2 N–H and O–H groups in total. The first kappa shape index (κ1) is 21.0. The molecule has 0 aliphatic rings. The summed E-state index contributed by atoms with van der Waals surface area (Å²) >= 11 is 0. The second kappa shape index (κ2) is 9.29. The first-order valence-electron chi connectivity index (χ1n) is 10.5. The fourth-order valence-corrected chi connectivity index (χ4v) is 3.43. The highest BCUT2D eigenvalue weighted by molar-refractivity contribution is 6.05. The molecule has 1 amide bonds. The second-order valence-electron chi connectivity index (χ2n) is 7.49. The van der Waals surface area contributed by atoms with Crippen LogP contribution in [0.4, 0.5) is 17.2 Å². The highest BCUT2D eigenvalue weighted by atomic mass is 16.1. The number of hydrogen-bond donors (Lipinski definition) is 2. The molecule has 0 saturated carbocycles. The number of carbonyl (C=O) groups is 1. The molecule has 0 atom stereocenters. The lowest BCUT2D eigenvalue weighted by molar-refractivity contribution is 0.102. The predicted molar refractivity (Wildman–Crippen MR) is 129 cm³/mol. The zero-order valence-corrected chi connectivity index (χ0v) is 18.3. The Hall–Kier alpha value is -4.92. The molecule has 9 heteroatoms. The van der Waals surface area contributed by atoms with Crippen LogP contribution in [0.1, 0.15) is 15.9 Å². The summed E-state index contributed by atoms with van der Waals surface area (Å²) < 4.78 is 1.65. The van der Waals surface area contributed by atoms with Gasteiger partial charge in [-0.15, -0.1) is 0 Å². The number of hydrogen-bond acceptors (Lipinski definition) is 7. The quantitative estimate of drug-likeness (QED) is 0.395. The minimum absolute atomic E-state index is 0.214. The monoisotopic (exact) mass is 448 g/mol. The lowest BCUT2D eigenvalue weighted by atomic mass is 10.1. The molecule has 34 heavy (non-hydrogen) atoms. The van der Waals surface area contributed by atoms with Gasteiger partial charge in [0.2, 0.25) is 0 Å². The summed E-state index contributed by atoms with van der Waals surface area (Å²) in [6.07, 6.45) is 7.99. The Morgan fingerprint density at radius 3 is 2.56 bits per heavy atom. The topological polar surface area (TPSA) is 111 Å². The van der Waals surface area contributed by atoms with E-state index in [2.05, 4.69) is 35.7 Å². The molecular formula is C25H20N8O. The standard InChI is InChI=1S/C25H20N8O/c1-17-4-5-18(25(34)31-19-6-8-20(9-7-19)33-16-27-15-30-33)13-23(17)32-24-21(3-2-11-28-24)22-10-12-26-14-29-22/h2-16H,1H3,(H,28,32)(H,31,34). The van der Waals surface area contributed by atoms with E-state index in [0.29, 0.717) is 17.1 Å². The van der Waals surface area contributed by atoms with Crippen molar-refractivity contribution in [2.45, 2.75) is 6.92 Å². The van der Waals surface area contributed by atoms with E-state index in [1.54, 1.807) is 29.5 Å². The molecule has 166 valence electrons. The van der Waals surface area contributed by atoms with Crippen molar-refractivity contribution < 1.29 is 4.79 Å². The molecule has 5 rings (SSSR count). The minimum Gasteiger partial charge on any atom is -0.339 e. The molecular weight excluding hydrogens is 428 g/mol. The molecule has 5 aromatic rings. The van der Waals surface area contributed by atoms with Crippen molar-refractivity contribution in [1.29, 1.82) is 0 Å². The van der Waals surface area contributed by atoms with Crippen LogP contribution in [0.25, 0.3) is 16.9 Å². The van der Waals surface area contributed by atoms with Crippen molar-refractivity contribution >= 4 is 23.1 Å². The highest BCUT2D eigenvalue weighted by Gasteiger charge is 2.12. The van der Waals surface area contributed by atoms with Gasteiger partial charge >= 0.3 is 0 Å². The molecule has 0 aliphatic heterocycles. The van der Waals surface area contributed by atoms with Crippen LogP contribution in [0, 0.1) is 6.92 Å². The zero-order valence-electron chi connectivity index (χ0n) is 18.3. The van der Waals surface area contributed by atoms with Gasteiger partial charge in [-0.1, -0.05) is 6.07 Å². The largest absolute Gasteiger partial charge is 0.339 e. The molecule has 3 aromatic heterocycles. The third-order valence-corrected chi connectivity index (χ3v) is 5.23. The lowest BCUT2D eigenvalue weighted by Crippen LogP contribution is -2.12. The van der Waals surface area contributed by atoms with Crippen LogP contribution in [0.3, 0.4) is 0 Å². The number of carbonyl (C=O) groups excluding carboxylic acids is 1. The Labute approximate surface area is 195 Å². The van der Waals surface area contributed by atoms with E-state index in [9.17, 15) is 4.79 Å². The van der Waals surface area contributed by atoms with Gasteiger partial charge in [0, 0.05) is 34.9 Å². The first-order chi connectivity index (χ1) is 16.7. The number of pyridine rings is 1. The summed E-state index contributed by atoms with van der Waals surface area (Å²) in [4.78, 5) is 29.7. The number of benzene rings is 2. The maximum atomic E-state index is 12.9. The molecule has 0 bridgehead atoms. The van der Waals surface area contributed by atoms with Gasteiger partial charge in [0.1, 0.15) is 24.8 Å². The molecule has 0 aliphatic carbocycles. The second-order valence-corrected chi connectivity index (χ2v) is 7.49. The van der Waals surface area contributed by atoms with Crippen molar-refractivity contribution in [3.63, 3.8) is 0 Å². The average Bonchev–Trinajstić information content (AvgIpc) is 3.42. The van der Waals surface area contributed by atoms with Crippen LogP contribution >= 0.6 is 0 Å². The number of rotatable bonds is 6. The molecule has 0 spiro atoms. The van der Waals surface area contributed by atoms with Crippen LogP contribution in [0.2, 0.25) is 0 Å². The Kier molecular flexibility index (Phi) is 5.73. The molecule has 0 radical (unpaired) electrons. The van der Waals surface area contributed by atoms with Gasteiger partial charge in [-0.2, -0.15) is 5.10 Å². The van der Waals surface area contributed by atoms with Gasteiger partial charge in [0.25, 0.3) is 5.91 Å². The summed E-state index contributed by atoms with van der Waals surface area (Å²) in [6, 6.07) is 18.5. The summed E-state index contributed by atoms with van der Waals surface area (Å²) in [5.74, 6) is 0.430. The number of anilines is 3. The Balaban J connectivity index is 1.36. The van der Waals surface area contributed by atoms with E-state index >= 15 is 0 Å². The Bertz CT molecular complexity index is 1420. The third-order valence-electron chi connectivity index (χ3n) is 5.23. The van der Waals surface area contributed by atoms with Crippen molar-refractivity contribution in [3.8, 4) is 16.9 Å². The summed E-state index contributed by atoms with van der Waals surface area (Å²) in [5, 5.41) is 10.4. The maximum absolute atomic E-state index is 12.9. The Morgan fingerprint density at radius 2 is 1.79 bits per heavy atom. The summed E-state index contributed by atoms with van der Waals surface area (Å²) in [5.41, 5.74) is 5.41. The first-order valence-corrected chi connectivity index (χ1v) is 10.5. The minimum atomic E-state index is -0.214. The van der Waals surface area contributed by atoms with E-state index in [1.807, 2.05) is 61.5 Å². The SMILES string of the molecule is Cc1ccc(C(=O)Nc2ccc(-n3cncn3)cc2)cc1Nc1ncccc1-c1ccncn1. The van der Waals surface area contributed by atoms with Gasteiger partial charge in [-0.05, 0) is 67.1 Å². The summed E-state index contributed by atoms with van der Waals surface area (Å²) in [7, 11) is 0. The van der Waals surface area contributed by atoms with Gasteiger partial charge in [0.05, 0.1) is 11.4 Å². The molecule has 0 unspecified atom stereocenters. The van der Waals surface area contributed by atoms with E-state index < -0.39 is 0 Å². The fourth-order valence-electron chi connectivity index (χ4n) is 3.43. The van der Waals surface area contributed by atoms with E-state index in [1.165, 1.54) is 12.7 Å². The molecule has 2 aromatic carbocycles. The van der Waals surface area contributed by atoms with Crippen LogP contribution < -0.4 is 10.6 Å². The van der Waals surface area contributed by atoms with E-state index in [-0.39, 0.29) is 5.91 Å². The average molecular weight is 448 g/mol. The zero-order chi connectivity index (χ0) is 23.3. The summed E-state index contributed by atoms with van der Waals surface area (Å²) in [6.45, 7) is 1.97. The molecule has 3 heterocycles. The van der Waals surface area contributed by atoms with Gasteiger partial charge in [-0.3, -0.25) is 4.79 Å². The number of nitrogens with zero attached hydrogens (tertiary/aromatic N) is 6. The van der Waals surface area contributed by atoms with Gasteiger partial charge < -0.3 is 10.6 Å². The van der Waals surface area contributed by atoms with Crippen molar-refractivity contribution in [2.75, 3.05) is 10.6 Å². The van der Waals surface area contributed by atoms with Crippen LogP contribution in [0.5, 0.6) is 0 Å². The molecule has 0 fully saturated rings. The van der Waals surface area contributed by atoms with Crippen molar-refractivity contribution in [2.24, 2.45) is 0 Å². The van der Waals surface area contributed by atoms with Gasteiger partial charge in [0.15, 0.2) is 0 Å². The Morgan fingerprint density at radius 1 is 0.912 bits per heavy atom. The van der Waals surface area contributed by atoms with Crippen molar-refractivity contribution in [3.05, 3.63) is 103 Å². The predicted octanol–water partition coefficient (Wildman–Crippen LogP) is 4.42. The van der Waals surface area contributed by atoms with Crippen LogP contribution in [0.15, 0.2) is 92.0 Å². The fraction of sp³-hybridized carbons (Fsp3) is 0.0400. The van der Waals surface area contributed by atoms with Crippen molar-refractivity contribution in [1.82, 2.24) is 29.7 Å². The third kappa shape index (κ3) is 4.49. The number of aryl methyl sites for hydroxylation is 1. The van der Waals surface area contributed by atoms with E-state index in [0.717, 1.165) is 28.2 Å². The van der Waals surface area contributed by atoms with Crippen LogP contribution in [-0.4, -0.2) is 35.6 Å². The van der Waals surface area contributed by atoms with E-state index in [4.69, 9.17) is 0 Å². The normalized spacial score (nSPS) is 10.6. The number of nitrogens with one attached hydrogen (secondary N) is 2. The molecule has 9 nitrogen and oxygen atoms in total. The van der Waals surface area contributed by atoms with Gasteiger partial charge in [-0.25, -0.2) is 24.6 Å². The smallest absolute Gasteiger partial charge is 0.255 e.